The minimum atomic E-state index is -0.318. The summed E-state index contributed by atoms with van der Waals surface area (Å²) in [6.45, 7) is 2.26. The standard InChI is InChI=1S/C24H25N3O3/c28-22(25-18-11-12-26(15-18)19-7-8-19)17-6-9-20-21(14-17)24(30)27(23(20)29)13-10-16-4-2-1-3-5-16/h1-6,9,14,18-19H,7-8,10-13,15H2,(H,25,28). The van der Waals surface area contributed by atoms with Crippen molar-refractivity contribution in [3.8, 4) is 0 Å². The fraction of sp³-hybridized carbons (Fsp3) is 0.375. The van der Waals surface area contributed by atoms with Crippen molar-refractivity contribution in [1.82, 2.24) is 15.1 Å². The Morgan fingerprint density at radius 1 is 0.967 bits per heavy atom. The van der Waals surface area contributed by atoms with Gasteiger partial charge in [0.15, 0.2) is 0 Å². The van der Waals surface area contributed by atoms with E-state index in [1.165, 1.54) is 17.7 Å². The lowest BCUT2D eigenvalue weighted by Crippen LogP contribution is -2.37. The number of rotatable bonds is 6. The van der Waals surface area contributed by atoms with Gasteiger partial charge in [0.1, 0.15) is 0 Å². The predicted molar refractivity (Wildman–Crippen MR) is 112 cm³/mol. The summed E-state index contributed by atoms with van der Waals surface area (Å²) < 4.78 is 0. The summed E-state index contributed by atoms with van der Waals surface area (Å²) in [7, 11) is 0. The van der Waals surface area contributed by atoms with Crippen LogP contribution in [0.25, 0.3) is 0 Å². The van der Waals surface area contributed by atoms with Gasteiger partial charge in [0.05, 0.1) is 11.1 Å². The Hall–Kier alpha value is -2.99. The Balaban J connectivity index is 1.25. The van der Waals surface area contributed by atoms with Crippen LogP contribution in [0, 0.1) is 0 Å². The van der Waals surface area contributed by atoms with Crippen LogP contribution in [0.3, 0.4) is 0 Å². The Labute approximate surface area is 175 Å². The summed E-state index contributed by atoms with van der Waals surface area (Å²) in [6, 6.07) is 15.5. The van der Waals surface area contributed by atoms with Gasteiger partial charge < -0.3 is 5.32 Å². The molecule has 0 aromatic heterocycles. The SMILES string of the molecule is O=C(NC1CCN(C2CC2)C1)c1ccc2c(c1)C(=O)N(CCc1ccccc1)C2=O. The number of amides is 3. The zero-order chi connectivity index (χ0) is 20.7. The van der Waals surface area contributed by atoms with Crippen LogP contribution in [0.2, 0.25) is 0 Å². The molecular formula is C24H25N3O3. The van der Waals surface area contributed by atoms with Crippen LogP contribution < -0.4 is 5.32 Å². The highest BCUT2D eigenvalue weighted by atomic mass is 16.2. The molecule has 3 aliphatic rings. The molecule has 3 amide bonds. The number of carbonyl (C=O) groups is 3. The minimum absolute atomic E-state index is 0.144. The molecule has 0 bridgehead atoms. The van der Waals surface area contributed by atoms with Crippen LogP contribution >= 0.6 is 0 Å². The second-order valence-corrected chi connectivity index (χ2v) is 8.44. The average molecular weight is 403 g/mol. The second kappa shape index (κ2) is 7.69. The Morgan fingerprint density at radius 2 is 1.73 bits per heavy atom. The highest BCUT2D eigenvalue weighted by Gasteiger charge is 2.37. The number of hydrogen-bond donors (Lipinski definition) is 1. The summed E-state index contributed by atoms with van der Waals surface area (Å²) in [5.74, 6) is -0.779. The molecule has 2 aromatic carbocycles. The number of likely N-dealkylation sites (tertiary alicyclic amines) is 1. The summed E-state index contributed by atoms with van der Waals surface area (Å²) in [5, 5.41) is 3.09. The van der Waals surface area contributed by atoms with Crippen molar-refractivity contribution in [3.05, 3.63) is 70.8 Å². The lowest BCUT2D eigenvalue weighted by Gasteiger charge is -2.16. The Kier molecular flexibility index (Phi) is 4.87. The molecule has 1 saturated carbocycles. The molecule has 2 aromatic rings. The van der Waals surface area contributed by atoms with Gasteiger partial charge in [-0.2, -0.15) is 0 Å². The van der Waals surface area contributed by atoms with Crippen LogP contribution in [0.15, 0.2) is 48.5 Å². The molecule has 1 N–H and O–H groups in total. The fourth-order valence-corrected chi connectivity index (χ4v) is 4.47. The van der Waals surface area contributed by atoms with Crippen molar-refractivity contribution >= 4 is 17.7 Å². The van der Waals surface area contributed by atoms with E-state index in [9.17, 15) is 14.4 Å². The molecule has 2 fully saturated rings. The zero-order valence-corrected chi connectivity index (χ0v) is 16.8. The van der Waals surface area contributed by atoms with Crippen LogP contribution in [0.1, 0.15) is 55.9 Å². The lowest BCUT2D eigenvalue weighted by molar-refractivity contribution is 0.0656. The lowest BCUT2D eigenvalue weighted by atomic mass is 10.0. The van der Waals surface area contributed by atoms with E-state index in [2.05, 4.69) is 10.2 Å². The average Bonchev–Trinajstić information content (AvgIpc) is 3.47. The van der Waals surface area contributed by atoms with E-state index in [4.69, 9.17) is 0 Å². The van der Waals surface area contributed by atoms with Crippen molar-refractivity contribution in [2.45, 2.75) is 37.8 Å². The molecule has 1 saturated heterocycles. The van der Waals surface area contributed by atoms with E-state index in [0.717, 1.165) is 25.1 Å². The number of hydrogen-bond acceptors (Lipinski definition) is 4. The number of imide groups is 1. The first-order chi connectivity index (χ1) is 14.6. The number of fused-ring (bicyclic) bond motifs is 1. The molecule has 1 aliphatic carbocycles. The van der Waals surface area contributed by atoms with E-state index in [0.29, 0.717) is 35.7 Å². The number of nitrogens with one attached hydrogen (secondary N) is 1. The topological polar surface area (TPSA) is 69.7 Å². The first kappa shape index (κ1) is 19.0. The third-order valence-corrected chi connectivity index (χ3v) is 6.32. The van der Waals surface area contributed by atoms with Crippen molar-refractivity contribution in [2.75, 3.05) is 19.6 Å². The maximum absolute atomic E-state index is 12.8. The van der Waals surface area contributed by atoms with Crippen LogP contribution in [0.4, 0.5) is 0 Å². The molecule has 0 spiro atoms. The van der Waals surface area contributed by atoms with E-state index in [-0.39, 0.29) is 23.8 Å². The molecule has 30 heavy (non-hydrogen) atoms. The third-order valence-electron chi connectivity index (χ3n) is 6.32. The molecule has 2 heterocycles. The summed E-state index contributed by atoms with van der Waals surface area (Å²) in [4.78, 5) is 42.0. The monoisotopic (exact) mass is 403 g/mol. The first-order valence-electron chi connectivity index (χ1n) is 10.7. The van der Waals surface area contributed by atoms with Gasteiger partial charge in [0.25, 0.3) is 17.7 Å². The van der Waals surface area contributed by atoms with E-state index < -0.39 is 0 Å². The van der Waals surface area contributed by atoms with Crippen molar-refractivity contribution < 1.29 is 14.4 Å². The summed E-state index contributed by atoms with van der Waals surface area (Å²) in [6.07, 6.45) is 4.10. The highest BCUT2D eigenvalue weighted by molar-refractivity contribution is 6.22. The van der Waals surface area contributed by atoms with Crippen LogP contribution in [-0.4, -0.2) is 59.2 Å². The minimum Gasteiger partial charge on any atom is -0.348 e. The van der Waals surface area contributed by atoms with Gasteiger partial charge in [0, 0.05) is 37.3 Å². The summed E-state index contributed by atoms with van der Waals surface area (Å²) >= 11 is 0. The molecule has 6 heteroatoms. The van der Waals surface area contributed by atoms with E-state index in [1.54, 1.807) is 18.2 Å². The van der Waals surface area contributed by atoms with E-state index >= 15 is 0 Å². The predicted octanol–water partition coefficient (Wildman–Crippen LogP) is 2.49. The Bertz CT molecular complexity index is 1000. The zero-order valence-electron chi connectivity index (χ0n) is 16.8. The van der Waals surface area contributed by atoms with Crippen molar-refractivity contribution in [3.63, 3.8) is 0 Å². The molecule has 1 atom stereocenters. The molecule has 6 nitrogen and oxygen atoms in total. The first-order valence-corrected chi connectivity index (χ1v) is 10.7. The third kappa shape index (κ3) is 3.63. The van der Waals surface area contributed by atoms with Gasteiger partial charge >= 0.3 is 0 Å². The van der Waals surface area contributed by atoms with Gasteiger partial charge in [-0.25, -0.2) is 0 Å². The molecule has 0 radical (unpaired) electrons. The van der Waals surface area contributed by atoms with E-state index in [1.807, 2.05) is 30.3 Å². The van der Waals surface area contributed by atoms with Crippen LogP contribution in [0.5, 0.6) is 0 Å². The molecular weight excluding hydrogens is 378 g/mol. The van der Waals surface area contributed by atoms with Gasteiger partial charge in [-0.3, -0.25) is 24.2 Å². The molecule has 154 valence electrons. The molecule has 5 rings (SSSR count). The Morgan fingerprint density at radius 3 is 2.50 bits per heavy atom. The van der Waals surface area contributed by atoms with Gasteiger partial charge in [-0.15, -0.1) is 0 Å². The smallest absolute Gasteiger partial charge is 0.261 e. The molecule has 1 unspecified atom stereocenters. The number of benzene rings is 2. The number of nitrogens with zero attached hydrogens (tertiary/aromatic N) is 2. The van der Waals surface area contributed by atoms with Crippen molar-refractivity contribution in [1.29, 1.82) is 0 Å². The van der Waals surface area contributed by atoms with Crippen LogP contribution in [-0.2, 0) is 6.42 Å². The second-order valence-electron chi connectivity index (χ2n) is 8.44. The highest BCUT2D eigenvalue weighted by Crippen LogP contribution is 2.30. The maximum atomic E-state index is 12.8. The maximum Gasteiger partial charge on any atom is 0.261 e. The summed E-state index contributed by atoms with van der Waals surface area (Å²) in [5.41, 5.74) is 2.22. The molecule has 2 aliphatic heterocycles. The normalized spacial score (nSPS) is 21.2. The van der Waals surface area contributed by atoms with Crippen molar-refractivity contribution in [2.24, 2.45) is 0 Å². The number of carbonyl (C=O) groups excluding carboxylic acids is 3. The van der Waals surface area contributed by atoms with Gasteiger partial charge in [-0.05, 0) is 49.4 Å². The van der Waals surface area contributed by atoms with Gasteiger partial charge in [-0.1, -0.05) is 30.3 Å². The largest absolute Gasteiger partial charge is 0.348 e. The quantitative estimate of drug-likeness (QED) is 0.753. The van der Waals surface area contributed by atoms with Gasteiger partial charge in [0.2, 0.25) is 0 Å². The fourth-order valence-electron chi connectivity index (χ4n) is 4.47.